The molecule has 0 bridgehead atoms. The van der Waals surface area contributed by atoms with E-state index < -0.39 is 0 Å². The van der Waals surface area contributed by atoms with Gasteiger partial charge >= 0.3 is 0 Å². The monoisotopic (exact) mass is 355 g/mol. The summed E-state index contributed by atoms with van der Waals surface area (Å²) in [5, 5.41) is 0. The van der Waals surface area contributed by atoms with Gasteiger partial charge in [0.15, 0.2) is 5.76 Å². The smallest absolute Gasteiger partial charge is 0.289 e. The maximum Gasteiger partial charge on any atom is 0.289 e. The number of nitrogens with zero attached hydrogens (tertiary/aromatic N) is 2. The van der Waals surface area contributed by atoms with Crippen LogP contribution in [0, 0.1) is 11.8 Å². The molecule has 1 fully saturated rings. The van der Waals surface area contributed by atoms with Crippen LogP contribution in [0.5, 0.6) is 0 Å². The lowest BCUT2D eigenvalue weighted by Gasteiger charge is -2.45. The van der Waals surface area contributed by atoms with Crippen molar-refractivity contribution in [2.45, 2.75) is 33.0 Å². The first-order valence-corrected chi connectivity index (χ1v) is 9.31. The normalized spacial score (nSPS) is 23.8. The van der Waals surface area contributed by atoms with Crippen molar-refractivity contribution < 1.29 is 9.21 Å². The molecule has 0 spiro atoms. The lowest BCUT2D eigenvalue weighted by molar-refractivity contribution is 0.0251. The molecule has 1 aliphatic rings. The number of rotatable bonds is 5. The van der Waals surface area contributed by atoms with Crippen LogP contribution in [0.25, 0.3) is 0 Å². The Kier molecular flexibility index (Phi) is 5.79. The van der Waals surface area contributed by atoms with Crippen molar-refractivity contribution in [2.75, 3.05) is 20.1 Å². The van der Waals surface area contributed by atoms with Crippen LogP contribution in [0.15, 0.2) is 46.9 Å². The van der Waals surface area contributed by atoms with Crippen LogP contribution in [-0.4, -0.2) is 41.9 Å². The molecule has 1 saturated heterocycles. The average molecular weight is 355 g/mol. The Hall–Kier alpha value is -2.11. The molecule has 2 atom stereocenters. The van der Waals surface area contributed by atoms with Gasteiger partial charge in [0.2, 0.25) is 0 Å². The molecule has 0 radical (unpaired) electrons. The number of hydrogen-bond acceptors (Lipinski definition) is 4. The summed E-state index contributed by atoms with van der Waals surface area (Å²) >= 11 is 0. The van der Waals surface area contributed by atoms with Crippen LogP contribution in [-0.2, 0) is 13.1 Å². The molecule has 1 amide bonds. The minimum Gasteiger partial charge on any atom is -0.455 e. The Bertz CT molecular complexity index is 716. The predicted molar refractivity (Wildman–Crippen MR) is 103 cm³/mol. The molecule has 5 nitrogen and oxygen atoms in total. The van der Waals surface area contributed by atoms with Crippen LogP contribution in [0.4, 0.5) is 0 Å². The van der Waals surface area contributed by atoms with Gasteiger partial charge in [-0.1, -0.05) is 44.2 Å². The molecule has 0 aliphatic carbocycles. The largest absolute Gasteiger partial charge is 0.455 e. The molecule has 2 unspecified atom stereocenters. The number of furan rings is 1. The minimum atomic E-state index is -0.0649. The van der Waals surface area contributed by atoms with Crippen molar-refractivity contribution in [2.24, 2.45) is 17.6 Å². The van der Waals surface area contributed by atoms with Gasteiger partial charge in [0.05, 0.1) is 6.54 Å². The van der Waals surface area contributed by atoms with E-state index in [0.717, 1.165) is 19.6 Å². The highest BCUT2D eigenvalue weighted by atomic mass is 16.4. The zero-order chi connectivity index (χ0) is 18.7. The second-order valence-corrected chi connectivity index (χ2v) is 7.51. The fraction of sp³-hybridized carbons (Fsp3) is 0.476. The number of likely N-dealkylation sites (tertiary alicyclic amines) is 1. The molecule has 1 aromatic heterocycles. The minimum absolute atomic E-state index is 0.0649. The van der Waals surface area contributed by atoms with Crippen LogP contribution in [0.1, 0.15) is 35.7 Å². The second kappa shape index (κ2) is 8.06. The quantitative estimate of drug-likeness (QED) is 0.896. The van der Waals surface area contributed by atoms with Crippen molar-refractivity contribution in [3.05, 3.63) is 59.5 Å². The van der Waals surface area contributed by atoms with Crippen molar-refractivity contribution in [1.29, 1.82) is 0 Å². The third kappa shape index (κ3) is 4.00. The van der Waals surface area contributed by atoms with Crippen molar-refractivity contribution in [3.8, 4) is 0 Å². The SMILES string of the molecule is CC1CN(Cc2ccccc2)CC(C)C1N(C)C(=O)c1ccc(CN)o1. The van der Waals surface area contributed by atoms with Crippen LogP contribution < -0.4 is 5.73 Å². The van der Waals surface area contributed by atoms with Crippen molar-refractivity contribution in [1.82, 2.24) is 9.80 Å². The lowest BCUT2D eigenvalue weighted by Crippen LogP contribution is -2.55. The van der Waals surface area contributed by atoms with Crippen LogP contribution in [0.3, 0.4) is 0 Å². The fourth-order valence-corrected chi connectivity index (χ4v) is 4.31. The molecular formula is C21H29N3O2. The number of benzene rings is 1. The zero-order valence-corrected chi connectivity index (χ0v) is 15.9. The number of carbonyl (C=O) groups is 1. The summed E-state index contributed by atoms with van der Waals surface area (Å²) in [6.07, 6.45) is 0. The van der Waals surface area contributed by atoms with Crippen LogP contribution in [0.2, 0.25) is 0 Å². The first kappa shape index (κ1) is 18.7. The van der Waals surface area contributed by atoms with Gasteiger partial charge in [0, 0.05) is 32.7 Å². The van der Waals surface area contributed by atoms with E-state index in [1.54, 1.807) is 12.1 Å². The van der Waals surface area contributed by atoms with Gasteiger partial charge in [-0.2, -0.15) is 0 Å². The fourth-order valence-electron chi connectivity index (χ4n) is 4.31. The summed E-state index contributed by atoms with van der Waals surface area (Å²) in [6.45, 7) is 7.69. The summed E-state index contributed by atoms with van der Waals surface area (Å²) < 4.78 is 5.55. The van der Waals surface area contributed by atoms with Gasteiger partial charge in [-0.3, -0.25) is 9.69 Å². The van der Waals surface area contributed by atoms with E-state index in [9.17, 15) is 4.79 Å². The van der Waals surface area contributed by atoms with E-state index in [1.165, 1.54) is 5.56 Å². The van der Waals surface area contributed by atoms with E-state index in [0.29, 0.717) is 29.9 Å². The highest BCUT2D eigenvalue weighted by Crippen LogP contribution is 2.28. The van der Waals surface area contributed by atoms with Gasteiger partial charge in [0.1, 0.15) is 5.76 Å². The molecule has 1 aliphatic heterocycles. The van der Waals surface area contributed by atoms with Gasteiger partial charge < -0.3 is 15.1 Å². The summed E-state index contributed by atoms with van der Waals surface area (Å²) in [7, 11) is 1.89. The topological polar surface area (TPSA) is 62.7 Å². The molecule has 1 aromatic carbocycles. The zero-order valence-electron chi connectivity index (χ0n) is 15.9. The standard InChI is InChI=1S/C21H29N3O2/c1-15-12-24(14-17-7-5-4-6-8-17)13-16(2)20(15)23(3)21(25)19-10-9-18(11-22)26-19/h4-10,15-16,20H,11-14,22H2,1-3H3. The Balaban J connectivity index is 1.66. The van der Waals surface area contributed by atoms with E-state index >= 15 is 0 Å². The molecule has 2 N–H and O–H groups in total. The molecular weight excluding hydrogens is 326 g/mol. The van der Waals surface area contributed by atoms with E-state index in [4.69, 9.17) is 10.2 Å². The third-order valence-electron chi connectivity index (χ3n) is 5.35. The van der Waals surface area contributed by atoms with Gasteiger partial charge in [-0.25, -0.2) is 0 Å². The molecule has 5 heteroatoms. The third-order valence-corrected chi connectivity index (χ3v) is 5.35. The Morgan fingerprint density at radius 2 is 1.81 bits per heavy atom. The maximum atomic E-state index is 12.8. The Morgan fingerprint density at radius 1 is 1.15 bits per heavy atom. The van der Waals surface area contributed by atoms with E-state index in [2.05, 4.69) is 43.0 Å². The molecule has 2 heterocycles. The first-order valence-electron chi connectivity index (χ1n) is 9.31. The number of nitrogens with two attached hydrogens (primary N) is 1. The number of hydrogen-bond donors (Lipinski definition) is 1. The Morgan fingerprint density at radius 3 is 2.38 bits per heavy atom. The maximum absolute atomic E-state index is 12.8. The first-order chi connectivity index (χ1) is 12.5. The summed E-state index contributed by atoms with van der Waals surface area (Å²) in [6, 6.07) is 14.2. The molecule has 2 aromatic rings. The van der Waals surface area contributed by atoms with Crippen molar-refractivity contribution in [3.63, 3.8) is 0 Å². The number of piperidine rings is 1. The number of amides is 1. The highest BCUT2D eigenvalue weighted by molar-refractivity contribution is 5.91. The summed E-state index contributed by atoms with van der Waals surface area (Å²) in [5.74, 6) is 1.73. The molecule has 26 heavy (non-hydrogen) atoms. The van der Waals surface area contributed by atoms with Gasteiger partial charge in [0.25, 0.3) is 5.91 Å². The van der Waals surface area contributed by atoms with Gasteiger partial charge in [-0.15, -0.1) is 0 Å². The summed E-state index contributed by atoms with van der Waals surface area (Å²) in [5.41, 5.74) is 6.91. The average Bonchev–Trinajstić information content (AvgIpc) is 3.10. The van der Waals surface area contributed by atoms with Crippen molar-refractivity contribution >= 4 is 5.91 Å². The van der Waals surface area contributed by atoms with E-state index in [1.807, 2.05) is 18.0 Å². The van der Waals surface area contributed by atoms with E-state index in [-0.39, 0.29) is 11.9 Å². The highest BCUT2D eigenvalue weighted by Gasteiger charge is 2.37. The lowest BCUT2D eigenvalue weighted by atomic mass is 9.84. The molecule has 3 rings (SSSR count). The molecule has 140 valence electrons. The predicted octanol–water partition coefficient (Wildman–Crippen LogP) is 2.97. The summed E-state index contributed by atoms with van der Waals surface area (Å²) in [4.78, 5) is 17.2. The number of carbonyl (C=O) groups excluding carboxylic acids is 1. The molecule has 0 saturated carbocycles. The second-order valence-electron chi connectivity index (χ2n) is 7.51. The van der Waals surface area contributed by atoms with Crippen LogP contribution >= 0.6 is 0 Å². The van der Waals surface area contributed by atoms with Gasteiger partial charge in [-0.05, 0) is 29.5 Å². The Labute approximate surface area is 155 Å².